The summed E-state index contributed by atoms with van der Waals surface area (Å²) in [6.45, 7) is 0.824. The predicted octanol–water partition coefficient (Wildman–Crippen LogP) is -0.742. The van der Waals surface area contributed by atoms with E-state index in [-0.39, 0.29) is 4.99 Å². The lowest BCUT2D eigenvalue weighted by atomic mass is 10.3. The largest absolute Gasteiger partial charge is 0.389 e. The number of nitrogens with two attached hydrogens (primary N) is 1. The topological polar surface area (TPSA) is 82.6 Å². The standard InChI is InChI=1S/C10H13N3O2S/c11-10(16)7-2-1-6(3-12-7)13-4-8(14)9(15)5-13/h1-3,8-9,14-15H,4-5H2,(H2,11,16). The van der Waals surface area contributed by atoms with Crippen LogP contribution in [-0.2, 0) is 0 Å². The quantitative estimate of drug-likeness (QED) is 0.590. The van der Waals surface area contributed by atoms with Crippen molar-refractivity contribution in [2.45, 2.75) is 12.2 Å². The lowest BCUT2D eigenvalue weighted by Gasteiger charge is -2.17. The summed E-state index contributed by atoms with van der Waals surface area (Å²) >= 11 is 4.80. The average Bonchev–Trinajstić information content (AvgIpc) is 2.59. The average molecular weight is 239 g/mol. The van der Waals surface area contributed by atoms with E-state index in [1.54, 1.807) is 12.3 Å². The van der Waals surface area contributed by atoms with Gasteiger partial charge in [-0.15, -0.1) is 0 Å². The van der Waals surface area contributed by atoms with Crippen LogP contribution in [0.1, 0.15) is 5.69 Å². The minimum absolute atomic E-state index is 0.257. The van der Waals surface area contributed by atoms with Gasteiger partial charge in [0.1, 0.15) is 4.99 Å². The first-order valence-electron chi connectivity index (χ1n) is 4.95. The van der Waals surface area contributed by atoms with Crippen LogP contribution >= 0.6 is 12.2 Å². The number of pyridine rings is 1. The van der Waals surface area contributed by atoms with Crippen LogP contribution in [0.25, 0.3) is 0 Å². The normalized spacial score (nSPS) is 24.8. The summed E-state index contributed by atoms with van der Waals surface area (Å²) in [4.78, 5) is 6.23. The van der Waals surface area contributed by atoms with Crippen LogP contribution in [0.15, 0.2) is 18.3 Å². The molecule has 6 heteroatoms. The maximum atomic E-state index is 9.42. The number of hydrogen-bond acceptors (Lipinski definition) is 5. The van der Waals surface area contributed by atoms with Gasteiger partial charge < -0.3 is 20.8 Å². The lowest BCUT2D eigenvalue weighted by Crippen LogP contribution is -2.22. The molecular formula is C10H13N3O2S. The molecule has 0 spiro atoms. The van der Waals surface area contributed by atoms with Gasteiger partial charge in [-0.2, -0.15) is 0 Å². The Morgan fingerprint density at radius 3 is 2.44 bits per heavy atom. The van der Waals surface area contributed by atoms with Crippen LogP contribution < -0.4 is 10.6 Å². The second kappa shape index (κ2) is 4.32. The smallest absolute Gasteiger partial charge is 0.122 e. The van der Waals surface area contributed by atoms with Crippen molar-refractivity contribution in [2.24, 2.45) is 5.73 Å². The van der Waals surface area contributed by atoms with E-state index in [0.29, 0.717) is 18.8 Å². The zero-order valence-corrected chi connectivity index (χ0v) is 9.39. The van der Waals surface area contributed by atoms with Crippen LogP contribution in [0.3, 0.4) is 0 Å². The first kappa shape index (κ1) is 11.3. The van der Waals surface area contributed by atoms with E-state index < -0.39 is 12.2 Å². The van der Waals surface area contributed by atoms with E-state index in [0.717, 1.165) is 5.69 Å². The van der Waals surface area contributed by atoms with Crippen molar-refractivity contribution in [3.05, 3.63) is 24.0 Å². The van der Waals surface area contributed by atoms with E-state index in [9.17, 15) is 10.2 Å². The molecule has 0 radical (unpaired) electrons. The molecule has 1 saturated heterocycles. The molecule has 16 heavy (non-hydrogen) atoms. The van der Waals surface area contributed by atoms with Crippen molar-refractivity contribution in [1.29, 1.82) is 0 Å². The highest BCUT2D eigenvalue weighted by atomic mass is 32.1. The molecule has 0 amide bonds. The number of aromatic nitrogens is 1. The van der Waals surface area contributed by atoms with Crippen molar-refractivity contribution in [2.75, 3.05) is 18.0 Å². The fourth-order valence-electron chi connectivity index (χ4n) is 1.70. The van der Waals surface area contributed by atoms with Gasteiger partial charge in [-0.25, -0.2) is 0 Å². The van der Waals surface area contributed by atoms with Crippen molar-refractivity contribution in [3.63, 3.8) is 0 Å². The molecule has 4 N–H and O–H groups in total. The minimum Gasteiger partial charge on any atom is -0.389 e. The highest BCUT2D eigenvalue weighted by Crippen LogP contribution is 2.19. The zero-order chi connectivity index (χ0) is 11.7. The van der Waals surface area contributed by atoms with Crippen molar-refractivity contribution in [3.8, 4) is 0 Å². The maximum absolute atomic E-state index is 9.42. The van der Waals surface area contributed by atoms with E-state index in [2.05, 4.69) is 4.98 Å². The molecule has 1 aliphatic heterocycles. The van der Waals surface area contributed by atoms with Crippen LogP contribution in [0, 0.1) is 0 Å². The number of rotatable bonds is 2. The number of hydrogen-bond donors (Lipinski definition) is 3. The highest BCUT2D eigenvalue weighted by molar-refractivity contribution is 7.80. The first-order valence-corrected chi connectivity index (χ1v) is 5.35. The van der Waals surface area contributed by atoms with Gasteiger partial charge in [0.05, 0.1) is 29.8 Å². The molecule has 0 saturated carbocycles. The van der Waals surface area contributed by atoms with Gasteiger partial charge in [0.2, 0.25) is 0 Å². The van der Waals surface area contributed by atoms with Gasteiger partial charge in [-0.3, -0.25) is 4.98 Å². The first-order chi connectivity index (χ1) is 7.58. The molecule has 5 nitrogen and oxygen atoms in total. The highest BCUT2D eigenvalue weighted by Gasteiger charge is 2.29. The third-order valence-electron chi connectivity index (χ3n) is 2.62. The molecule has 1 aromatic heterocycles. The Hall–Kier alpha value is -1.24. The number of aliphatic hydroxyl groups excluding tert-OH is 2. The molecule has 2 heterocycles. The molecule has 0 bridgehead atoms. The molecule has 1 fully saturated rings. The Balaban J connectivity index is 2.14. The fourth-order valence-corrected chi connectivity index (χ4v) is 1.82. The number of aliphatic hydroxyl groups is 2. The van der Waals surface area contributed by atoms with Crippen LogP contribution in [0.2, 0.25) is 0 Å². The summed E-state index contributed by atoms with van der Waals surface area (Å²) < 4.78 is 0. The van der Waals surface area contributed by atoms with Crippen LogP contribution in [-0.4, -0.2) is 45.5 Å². The Bertz CT molecular complexity index is 386. The van der Waals surface area contributed by atoms with Gasteiger partial charge in [-0.1, -0.05) is 12.2 Å². The fraction of sp³-hybridized carbons (Fsp3) is 0.400. The van der Waals surface area contributed by atoms with Crippen molar-refractivity contribution in [1.82, 2.24) is 4.98 Å². The Kier molecular flexibility index (Phi) is 3.04. The number of anilines is 1. The minimum atomic E-state index is -0.699. The summed E-state index contributed by atoms with van der Waals surface area (Å²) in [7, 11) is 0. The van der Waals surface area contributed by atoms with E-state index in [1.807, 2.05) is 11.0 Å². The Morgan fingerprint density at radius 1 is 1.38 bits per heavy atom. The molecule has 86 valence electrons. The summed E-state index contributed by atoms with van der Waals surface area (Å²) in [5.74, 6) is 0. The number of nitrogens with zero attached hydrogens (tertiary/aromatic N) is 2. The Labute approximate surface area is 98.5 Å². The lowest BCUT2D eigenvalue weighted by molar-refractivity contribution is 0.0572. The van der Waals surface area contributed by atoms with Gasteiger partial charge in [0.15, 0.2) is 0 Å². The zero-order valence-electron chi connectivity index (χ0n) is 8.58. The van der Waals surface area contributed by atoms with Gasteiger partial charge in [0.25, 0.3) is 0 Å². The number of thiocarbonyl (C=S) groups is 1. The van der Waals surface area contributed by atoms with Crippen molar-refractivity contribution >= 4 is 22.9 Å². The molecule has 1 aliphatic rings. The third-order valence-corrected chi connectivity index (χ3v) is 2.83. The molecule has 0 aromatic carbocycles. The van der Waals surface area contributed by atoms with Crippen molar-refractivity contribution < 1.29 is 10.2 Å². The Morgan fingerprint density at radius 2 is 2.00 bits per heavy atom. The molecule has 2 atom stereocenters. The summed E-state index contributed by atoms with van der Waals surface area (Å²) in [6.07, 6.45) is 0.240. The molecule has 2 unspecified atom stereocenters. The summed E-state index contributed by atoms with van der Waals surface area (Å²) in [6, 6.07) is 3.56. The van der Waals surface area contributed by atoms with Gasteiger partial charge >= 0.3 is 0 Å². The van der Waals surface area contributed by atoms with E-state index >= 15 is 0 Å². The van der Waals surface area contributed by atoms with Crippen LogP contribution in [0.4, 0.5) is 5.69 Å². The third kappa shape index (κ3) is 2.13. The van der Waals surface area contributed by atoms with Crippen LogP contribution in [0.5, 0.6) is 0 Å². The molecule has 2 rings (SSSR count). The summed E-state index contributed by atoms with van der Waals surface area (Å²) in [5.41, 5.74) is 6.85. The van der Waals surface area contributed by atoms with Gasteiger partial charge in [0, 0.05) is 13.1 Å². The second-order valence-electron chi connectivity index (χ2n) is 3.81. The molecule has 1 aromatic rings. The summed E-state index contributed by atoms with van der Waals surface area (Å²) in [5, 5.41) is 18.8. The molecule has 0 aliphatic carbocycles. The van der Waals surface area contributed by atoms with E-state index in [4.69, 9.17) is 18.0 Å². The number of β-amino-alcohol motifs (C(OH)–C–C–N with tert-alkyl or cyclic N) is 2. The monoisotopic (exact) mass is 239 g/mol. The van der Waals surface area contributed by atoms with E-state index in [1.165, 1.54) is 0 Å². The predicted molar refractivity (Wildman–Crippen MR) is 64.4 cm³/mol. The second-order valence-corrected chi connectivity index (χ2v) is 4.25. The van der Waals surface area contributed by atoms with Gasteiger partial charge in [-0.05, 0) is 12.1 Å². The SMILES string of the molecule is NC(=S)c1ccc(N2CC(O)C(O)C2)cn1. The molecular weight excluding hydrogens is 226 g/mol. The maximum Gasteiger partial charge on any atom is 0.122 e.